The van der Waals surface area contributed by atoms with Crippen molar-refractivity contribution in [3.8, 4) is 0 Å². The van der Waals surface area contributed by atoms with Gasteiger partial charge in [0, 0.05) is 16.7 Å². The molecule has 0 saturated carbocycles. The number of fused-ring (bicyclic) bond motifs is 1. The summed E-state index contributed by atoms with van der Waals surface area (Å²) in [6, 6.07) is 6.69. The van der Waals surface area contributed by atoms with E-state index in [1.807, 2.05) is 0 Å². The van der Waals surface area contributed by atoms with Crippen LogP contribution in [0.4, 0.5) is 5.69 Å². The smallest absolute Gasteiger partial charge is 0.264 e. The van der Waals surface area contributed by atoms with Crippen molar-refractivity contribution in [1.29, 1.82) is 0 Å². The molecule has 1 N–H and O–H groups in total. The van der Waals surface area contributed by atoms with Gasteiger partial charge < -0.3 is 0 Å². The molecule has 0 atom stereocenters. The number of H-pyrrole nitrogens is 1. The van der Waals surface area contributed by atoms with Crippen LogP contribution >= 0.6 is 15.9 Å². The summed E-state index contributed by atoms with van der Waals surface area (Å²) in [7, 11) is -4.14. The lowest BCUT2D eigenvalue weighted by Crippen LogP contribution is -2.06. The molecule has 2 heterocycles. The number of aromatic nitrogens is 3. The van der Waals surface area contributed by atoms with Gasteiger partial charge in [0.2, 0.25) is 9.84 Å². The van der Waals surface area contributed by atoms with Gasteiger partial charge in [0.25, 0.3) is 5.69 Å². The van der Waals surface area contributed by atoms with Crippen molar-refractivity contribution >= 4 is 42.5 Å². The highest BCUT2D eigenvalue weighted by Crippen LogP contribution is 2.31. The first-order chi connectivity index (χ1) is 10.4. The highest BCUT2D eigenvalue weighted by Gasteiger charge is 2.30. The molecule has 22 heavy (non-hydrogen) atoms. The molecule has 112 valence electrons. The number of nitro benzene ring substituents is 1. The number of nitrogens with one attached hydrogen (secondary N) is 1. The summed E-state index contributed by atoms with van der Waals surface area (Å²) in [6.45, 7) is 0. The number of pyridine rings is 1. The molecule has 0 amide bonds. The number of aromatic amines is 1. The van der Waals surface area contributed by atoms with Crippen molar-refractivity contribution in [3.63, 3.8) is 0 Å². The molecule has 10 heteroatoms. The third kappa shape index (κ3) is 2.25. The lowest BCUT2D eigenvalue weighted by molar-refractivity contribution is -0.387. The van der Waals surface area contributed by atoms with Crippen LogP contribution in [0.5, 0.6) is 0 Å². The first-order valence-corrected chi connectivity index (χ1v) is 8.17. The van der Waals surface area contributed by atoms with Gasteiger partial charge in [0.1, 0.15) is 0 Å². The summed E-state index contributed by atoms with van der Waals surface area (Å²) in [4.78, 5) is 13.9. The number of hydrogen-bond acceptors (Lipinski definition) is 6. The highest BCUT2D eigenvalue weighted by atomic mass is 79.9. The summed E-state index contributed by atoms with van der Waals surface area (Å²) >= 11 is 3.20. The highest BCUT2D eigenvalue weighted by molar-refractivity contribution is 9.10. The summed E-state index contributed by atoms with van der Waals surface area (Å²) in [5.41, 5.74) is -0.284. The predicted molar refractivity (Wildman–Crippen MR) is 80.1 cm³/mol. The minimum atomic E-state index is -4.14. The summed E-state index contributed by atoms with van der Waals surface area (Å²) < 4.78 is 26.0. The van der Waals surface area contributed by atoms with E-state index in [0.29, 0.717) is 4.47 Å². The molecule has 3 rings (SSSR count). The van der Waals surface area contributed by atoms with E-state index in [0.717, 1.165) is 6.07 Å². The summed E-state index contributed by atoms with van der Waals surface area (Å²) in [5, 5.41) is 17.3. The molecule has 8 nitrogen and oxygen atoms in total. The van der Waals surface area contributed by atoms with Crippen molar-refractivity contribution in [2.24, 2.45) is 0 Å². The number of para-hydroxylation sites is 1. The van der Waals surface area contributed by atoms with Crippen molar-refractivity contribution < 1.29 is 13.3 Å². The monoisotopic (exact) mass is 382 g/mol. The third-order valence-corrected chi connectivity index (χ3v) is 5.17. The quantitative estimate of drug-likeness (QED) is 0.548. The van der Waals surface area contributed by atoms with Crippen LogP contribution in [0.3, 0.4) is 0 Å². The Labute approximate surface area is 132 Å². The number of nitrogens with zero attached hydrogens (tertiary/aromatic N) is 3. The van der Waals surface area contributed by atoms with Gasteiger partial charge in [-0.25, -0.2) is 13.4 Å². The van der Waals surface area contributed by atoms with E-state index in [-0.39, 0.29) is 16.1 Å². The van der Waals surface area contributed by atoms with Crippen molar-refractivity contribution in [1.82, 2.24) is 15.2 Å². The maximum Gasteiger partial charge on any atom is 0.288 e. The molecular formula is C12H7BrN4O4S. The standard InChI is InChI=1S/C12H7BrN4O4S/c13-7-5-8-11(14-6-7)15-16-12(8)22(20,21)10-4-2-1-3-9(10)17(18)19/h1-6H,(H,14,15,16). The predicted octanol–water partition coefficient (Wildman–Crippen LogP) is 2.46. The van der Waals surface area contributed by atoms with E-state index < -0.39 is 25.3 Å². The van der Waals surface area contributed by atoms with Crippen LogP contribution in [0.15, 0.2) is 50.9 Å². The Hall–Kier alpha value is -2.33. The second kappa shape index (κ2) is 5.14. The Kier molecular flexibility index (Phi) is 3.41. The van der Waals surface area contributed by atoms with Crippen LogP contribution in [-0.4, -0.2) is 28.5 Å². The van der Waals surface area contributed by atoms with Crippen LogP contribution in [0, 0.1) is 10.1 Å². The zero-order valence-corrected chi connectivity index (χ0v) is 13.1. The second-order valence-electron chi connectivity index (χ2n) is 4.31. The second-order valence-corrected chi connectivity index (χ2v) is 7.08. The molecule has 2 aromatic heterocycles. The molecule has 0 aliphatic rings. The molecule has 3 aromatic rings. The van der Waals surface area contributed by atoms with Crippen LogP contribution in [0.25, 0.3) is 11.0 Å². The zero-order valence-electron chi connectivity index (χ0n) is 10.7. The van der Waals surface area contributed by atoms with Gasteiger partial charge in [-0.2, -0.15) is 5.10 Å². The van der Waals surface area contributed by atoms with Gasteiger partial charge in [-0.3, -0.25) is 15.2 Å². The number of nitro groups is 1. The Bertz CT molecular complexity index is 999. The van der Waals surface area contributed by atoms with Crippen molar-refractivity contribution in [2.75, 3.05) is 0 Å². The van der Waals surface area contributed by atoms with E-state index in [1.54, 1.807) is 0 Å². The Morgan fingerprint density at radius 1 is 1.27 bits per heavy atom. The Morgan fingerprint density at radius 3 is 2.73 bits per heavy atom. The fourth-order valence-electron chi connectivity index (χ4n) is 2.00. The van der Waals surface area contributed by atoms with Gasteiger partial charge in [-0.1, -0.05) is 12.1 Å². The summed E-state index contributed by atoms with van der Waals surface area (Å²) in [6.07, 6.45) is 1.48. The average Bonchev–Trinajstić information content (AvgIpc) is 2.90. The molecule has 0 bridgehead atoms. The van der Waals surface area contributed by atoms with Crippen LogP contribution < -0.4 is 0 Å². The van der Waals surface area contributed by atoms with Crippen LogP contribution in [0.2, 0.25) is 0 Å². The van der Waals surface area contributed by atoms with Gasteiger partial charge in [-0.05, 0) is 28.1 Å². The number of hydrogen-bond donors (Lipinski definition) is 1. The molecule has 0 spiro atoms. The molecule has 0 fully saturated rings. The molecule has 0 aliphatic carbocycles. The maximum absolute atomic E-state index is 12.7. The Balaban J connectivity index is 2.30. The molecule has 0 saturated heterocycles. The van der Waals surface area contributed by atoms with Crippen LogP contribution in [-0.2, 0) is 9.84 Å². The van der Waals surface area contributed by atoms with Gasteiger partial charge in [-0.15, -0.1) is 0 Å². The SMILES string of the molecule is O=[N+]([O-])c1ccccc1S(=O)(=O)c1[nH]nc2ncc(Br)cc12. The fraction of sp³-hybridized carbons (Fsp3) is 0. The molecule has 0 radical (unpaired) electrons. The first kappa shape index (κ1) is 14.6. The number of rotatable bonds is 3. The van der Waals surface area contributed by atoms with Crippen molar-refractivity contribution in [2.45, 2.75) is 9.92 Å². The topological polar surface area (TPSA) is 119 Å². The molecule has 1 aromatic carbocycles. The van der Waals surface area contributed by atoms with Crippen molar-refractivity contribution in [3.05, 3.63) is 51.1 Å². The average molecular weight is 383 g/mol. The van der Waals surface area contributed by atoms with Gasteiger partial charge in [0.05, 0.1) is 10.3 Å². The number of sulfone groups is 1. The Morgan fingerprint density at radius 2 is 2.00 bits per heavy atom. The number of halogens is 1. The lowest BCUT2D eigenvalue weighted by Gasteiger charge is -2.03. The fourth-order valence-corrected chi connectivity index (χ4v) is 3.83. The van der Waals surface area contributed by atoms with E-state index in [4.69, 9.17) is 0 Å². The van der Waals surface area contributed by atoms with Crippen LogP contribution in [0.1, 0.15) is 0 Å². The van der Waals surface area contributed by atoms with E-state index in [9.17, 15) is 18.5 Å². The molecule has 0 aliphatic heterocycles. The first-order valence-electron chi connectivity index (χ1n) is 5.89. The van der Waals surface area contributed by atoms with E-state index in [2.05, 4.69) is 31.1 Å². The van der Waals surface area contributed by atoms with E-state index in [1.165, 1.54) is 30.5 Å². The normalized spacial score (nSPS) is 11.7. The zero-order chi connectivity index (χ0) is 15.9. The minimum Gasteiger partial charge on any atom is -0.264 e. The van der Waals surface area contributed by atoms with Gasteiger partial charge in [0.15, 0.2) is 15.6 Å². The largest absolute Gasteiger partial charge is 0.288 e. The molecule has 0 unspecified atom stereocenters. The van der Waals surface area contributed by atoms with E-state index >= 15 is 0 Å². The summed E-state index contributed by atoms with van der Waals surface area (Å²) in [5.74, 6) is 0. The minimum absolute atomic E-state index is 0.209. The maximum atomic E-state index is 12.7. The number of benzene rings is 1. The molecular weight excluding hydrogens is 376 g/mol. The lowest BCUT2D eigenvalue weighted by atomic mass is 10.3. The third-order valence-electron chi connectivity index (χ3n) is 2.96. The van der Waals surface area contributed by atoms with Gasteiger partial charge >= 0.3 is 0 Å².